The van der Waals surface area contributed by atoms with Gasteiger partial charge in [0.2, 0.25) is 17.7 Å². The molecule has 38 heavy (non-hydrogen) atoms. The third kappa shape index (κ3) is 4.79. The van der Waals surface area contributed by atoms with Crippen molar-refractivity contribution in [2.75, 3.05) is 7.11 Å². The Morgan fingerprint density at radius 1 is 1.24 bits per heavy atom. The molecule has 202 valence electrons. The number of hydrogen-bond donors (Lipinski definition) is 2. The molecule has 0 radical (unpaired) electrons. The van der Waals surface area contributed by atoms with Crippen molar-refractivity contribution in [3.63, 3.8) is 0 Å². The van der Waals surface area contributed by atoms with E-state index in [4.69, 9.17) is 4.74 Å². The van der Waals surface area contributed by atoms with Gasteiger partial charge in [0.1, 0.15) is 11.7 Å². The number of methoxy groups -OCH3 is 1. The van der Waals surface area contributed by atoms with Crippen LogP contribution in [-0.4, -0.2) is 61.2 Å². The van der Waals surface area contributed by atoms with Gasteiger partial charge in [-0.15, -0.1) is 0 Å². The Balaban J connectivity index is 1.24. The number of nitrogens with zero attached hydrogens (tertiary/aromatic N) is 5. The molecule has 0 aliphatic carbocycles. The number of halogens is 4. The van der Waals surface area contributed by atoms with Crippen LogP contribution in [0, 0.1) is 11.7 Å². The molecule has 0 saturated carbocycles. The number of H-pyrrole nitrogens is 1. The fourth-order valence-corrected chi connectivity index (χ4v) is 5.08. The first-order chi connectivity index (χ1) is 18.0. The van der Waals surface area contributed by atoms with E-state index < -0.39 is 29.8 Å². The highest BCUT2D eigenvalue weighted by atomic mass is 19.4. The molecule has 2 aliphatic heterocycles. The summed E-state index contributed by atoms with van der Waals surface area (Å²) in [6.45, 7) is 1.45. The lowest BCUT2D eigenvalue weighted by atomic mass is 9.89. The van der Waals surface area contributed by atoms with Gasteiger partial charge in [-0.1, -0.05) is 5.16 Å². The van der Waals surface area contributed by atoms with Gasteiger partial charge >= 0.3 is 6.18 Å². The second-order valence-electron chi connectivity index (χ2n) is 9.32. The number of amides is 2. The van der Waals surface area contributed by atoms with Crippen molar-refractivity contribution in [2.45, 2.75) is 56.9 Å². The first-order valence-electron chi connectivity index (χ1n) is 11.8. The Labute approximate surface area is 212 Å². The fourth-order valence-electron chi connectivity index (χ4n) is 5.08. The Hall–Kier alpha value is -4.04. The monoisotopic (exact) mass is 537 g/mol. The number of nitrogens with one attached hydrogen (secondary N) is 2. The van der Waals surface area contributed by atoms with Crippen molar-refractivity contribution in [1.82, 2.24) is 35.5 Å². The van der Waals surface area contributed by atoms with Gasteiger partial charge in [0.15, 0.2) is 5.82 Å². The summed E-state index contributed by atoms with van der Waals surface area (Å²) in [5.74, 6) is -3.29. The molecular formula is C23H23F4N7O4. The minimum atomic E-state index is -4.75. The van der Waals surface area contributed by atoms with Crippen LogP contribution >= 0.6 is 0 Å². The third-order valence-electron chi connectivity index (χ3n) is 6.89. The Morgan fingerprint density at radius 3 is 2.58 bits per heavy atom. The van der Waals surface area contributed by atoms with E-state index in [0.29, 0.717) is 25.7 Å². The molecule has 2 unspecified atom stereocenters. The van der Waals surface area contributed by atoms with E-state index in [1.807, 2.05) is 0 Å². The van der Waals surface area contributed by atoms with Gasteiger partial charge in [0, 0.05) is 29.6 Å². The number of carbonyl (C=O) groups is 2. The number of aromatic amines is 1. The summed E-state index contributed by atoms with van der Waals surface area (Å²) in [5, 5.41) is 12.3. The van der Waals surface area contributed by atoms with Crippen molar-refractivity contribution < 1.29 is 36.4 Å². The summed E-state index contributed by atoms with van der Waals surface area (Å²) in [5.41, 5.74) is 0.528. The Kier molecular flexibility index (Phi) is 6.53. The van der Waals surface area contributed by atoms with Gasteiger partial charge in [0.05, 0.1) is 19.0 Å². The van der Waals surface area contributed by atoms with Crippen LogP contribution in [0.5, 0.6) is 5.88 Å². The molecule has 2 saturated heterocycles. The lowest BCUT2D eigenvalue weighted by Gasteiger charge is -2.38. The zero-order valence-corrected chi connectivity index (χ0v) is 20.3. The minimum Gasteiger partial charge on any atom is -0.481 e. The van der Waals surface area contributed by atoms with Crippen LogP contribution in [0.4, 0.5) is 17.6 Å². The van der Waals surface area contributed by atoms with Crippen LogP contribution in [0.3, 0.4) is 0 Å². The molecule has 11 nitrogen and oxygen atoms in total. The van der Waals surface area contributed by atoms with E-state index in [1.54, 1.807) is 4.90 Å². The summed E-state index contributed by atoms with van der Waals surface area (Å²) in [7, 11) is 1.40. The molecule has 3 aromatic rings. The SMILES string of the molecule is COc1cc(-c2cc(C(=O)N3C4CCC3CC(C(=O)N[C@H](C)c3nc(C(F)(F)F)no3)C4)[nH]n2)c(F)cn1. The molecule has 3 aromatic heterocycles. The van der Waals surface area contributed by atoms with Crippen LogP contribution in [0.2, 0.25) is 0 Å². The van der Waals surface area contributed by atoms with Crippen molar-refractivity contribution in [2.24, 2.45) is 5.92 Å². The summed E-state index contributed by atoms with van der Waals surface area (Å²) in [6, 6.07) is 1.50. The van der Waals surface area contributed by atoms with E-state index >= 15 is 0 Å². The lowest BCUT2D eigenvalue weighted by molar-refractivity contribution is -0.146. The highest BCUT2D eigenvalue weighted by Gasteiger charge is 2.46. The number of piperidine rings is 1. The molecule has 2 bridgehead atoms. The summed E-state index contributed by atoms with van der Waals surface area (Å²) >= 11 is 0. The predicted molar refractivity (Wildman–Crippen MR) is 120 cm³/mol. The highest BCUT2D eigenvalue weighted by molar-refractivity contribution is 5.94. The number of alkyl halides is 3. The number of rotatable bonds is 6. The zero-order chi connectivity index (χ0) is 27.2. The lowest BCUT2D eigenvalue weighted by Crippen LogP contribution is -2.49. The largest absolute Gasteiger partial charge is 0.481 e. The second-order valence-corrected chi connectivity index (χ2v) is 9.32. The van der Waals surface area contributed by atoms with Gasteiger partial charge < -0.3 is 19.5 Å². The van der Waals surface area contributed by atoms with E-state index in [1.165, 1.54) is 26.2 Å². The van der Waals surface area contributed by atoms with Gasteiger partial charge in [-0.2, -0.15) is 23.3 Å². The molecule has 15 heteroatoms. The summed E-state index contributed by atoms with van der Waals surface area (Å²) in [4.78, 5) is 35.1. The summed E-state index contributed by atoms with van der Waals surface area (Å²) < 4.78 is 62.2. The van der Waals surface area contributed by atoms with Gasteiger partial charge in [-0.3, -0.25) is 14.7 Å². The molecule has 2 amide bonds. The Bertz CT molecular complexity index is 1340. The maximum absolute atomic E-state index is 14.3. The van der Waals surface area contributed by atoms with Crippen LogP contribution < -0.4 is 10.1 Å². The average Bonchev–Trinajstić information content (AvgIpc) is 3.62. The maximum Gasteiger partial charge on any atom is 0.455 e. The van der Waals surface area contributed by atoms with E-state index in [2.05, 4.69) is 35.2 Å². The topological polar surface area (TPSA) is 139 Å². The number of carbonyl (C=O) groups excluding carboxylic acids is 2. The van der Waals surface area contributed by atoms with Gasteiger partial charge in [-0.25, -0.2) is 9.37 Å². The molecule has 0 aromatic carbocycles. The molecule has 5 rings (SSSR count). The van der Waals surface area contributed by atoms with Crippen LogP contribution in [0.1, 0.15) is 60.9 Å². The molecule has 2 fully saturated rings. The standard InChI is InChI=1S/C23H23F4N7O4/c1-10(20-30-22(33-38-20)23(25,26)27)29-19(35)11-5-12-3-4-13(6-11)34(12)21(36)17-8-16(31-32-17)14-7-18(37-2)28-9-15(14)24/h7-13H,3-6H2,1-2H3,(H,29,35)(H,31,32)/t10-,11?,12?,13?/m1/s1. The molecule has 3 atom stereocenters. The molecule has 2 aliphatic rings. The van der Waals surface area contributed by atoms with Gasteiger partial charge in [-0.05, 0) is 38.7 Å². The van der Waals surface area contributed by atoms with Crippen LogP contribution in [-0.2, 0) is 11.0 Å². The van der Waals surface area contributed by atoms with Crippen LogP contribution in [0.15, 0.2) is 22.9 Å². The zero-order valence-electron chi connectivity index (χ0n) is 20.3. The maximum atomic E-state index is 14.3. The normalized spacial score (nSPS) is 21.8. The first-order valence-corrected chi connectivity index (χ1v) is 11.8. The molecule has 0 spiro atoms. The molecule has 5 heterocycles. The van der Waals surface area contributed by atoms with E-state index in [0.717, 1.165) is 6.20 Å². The number of fused-ring (bicyclic) bond motifs is 2. The number of pyridine rings is 1. The summed E-state index contributed by atoms with van der Waals surface area (Å²) in [6.07, 6.45) is -1.57. The quantitative estimate of drug-likeness (QED) is 0.457. The minimum absolute atomic E-state index is 0.128. The number of aromatic nitrogens is 5. The highest BCUT2D eigenvalue weighted by Crippen LogP contribution is 2.40. The number of ether oxygens (including phenoxy) is 1. The number of hydrogen-bond acceptors (Lipinski definition) is 8. The van der Waals surface area contributed by atoms with Crippen molar-refractivity contribution >= 4 is 11.8 Å². The van der Waals surface area contributed by atoms with E-state index in [-0.39, 0.29) is 52.6 Å². The van der Waals surface area contributed by atoms with Crippen LogP contribution in [0.25, 0.3) is 11.3 Å². The van der Waals surface area contributed by atoms with Crippen molar-refractivity contribution in [1.29, 1.82) is 0 Å². The van der Waals surface area contributed by atoms with Crippen molar-refractivity contribution in [3.05, 3.63) is 41.6 Å². The second kappa shape index (κ2) is 9.68. The fraction of sp³-hybridized carbons (Fsp3) is 0.478. The molecular weight excluding hydrogens is 514 g/mol. The van der Waals surface area contributed by atoms with E-state index in [9.17, 15) is 27.2 Å². The predicted octanol–water partition coefficient (Wildman–Crippen LogP) is 3.28. The smallest absolute Gasteiger partial charge is 0.455 e. The average molecular weight is 537 g/mol. The Morgan fingerprint density at radius 2 is 1.95 bits per heavy atom. The molecule has 2 N–H and O–H groups in total. The van der Waals surface area contributed by atoms with Gasteiger partial charge in [0.25, 0.3) is 11.7 Å². The first kappa shape index (κ1) is 25.6. The van der Waals surface area contributed by atoms with Crippen molar-refractivity contribution in [3.8, 4) is 17.1 Å². The third-order valence-corrected chi connectivity index (χ3v) is 6.89.